The largest absolute Gasteiger partial charge is 0.379 e. The summed E-state index contributed by atoms with van der Waals surface area (Å²) in [4.78, 5) is 2.45. The number of hydrogen-bond acceptors (Lipinski definition) is 2. The summed E-state index contributed by atoms with van der Waals surface area (Å²) in [5, 5.41) is 4.32. The van der Waals surface area contributed by atoms with Crippen LogP contribution in [0.2, 0.25) is 5.02 Å². The average Bonchev–Trinajstić information content (AvgIpc) is 3.03. The van der Waals surface area contributed by atoms with Gasteiger partial charge in [0.25, 0.3) is 0 Å². The Morgan fingerprint density at radius 1 is 1.10 bits per heavy atom. The van der Waals surface area contributed by atoms with E-state index in [1.54, 1.807) is 0 Å². The van der Waals surface area contributed by atoms with Gasteiger partial charge in [-0.1, -0.05) is 39.7 Å². The summed E-state index contributed by atoms with van der Waals surface area (Å²) in [6, 6.07) is 14.5. The minimum absolute atomic E-state index is 0.725. The van der Waals surface area contributed by atoms with Crippen LogP contribution in [0.4, 0.5) is 11.4 Å². The third-order valence-electron chi connectivity index (χ3n) is 3.83. The van der Waals surface area contributed by atoms with Gasteiger partial charge in [0.2, 0.25) is 0 Å². The van der Waals surface area contributed by atoms with E-state index in [2.05, 4.69) is 56.5 Å². The lowest BCUT2D eigenvalue weighted by Crippen LogP contribution is -2.19. The van der Waals surface area contributed by atoms with Gasteiger partial charge < -0.3 is 10.2 Å². The average molecular weight is 366 g/mol. The van der Waals surface area contributed by atoms with Crippen LogP contribution in [0.25, 0.3) is 0 Å². The first-order valence-electron chi connectivity index (χ1n) is 7.26. The molecule has 0 unspecified atom stereocenters. The van der Waals surface area contributed by atoms with Crippen molar-refractivity contribution in [2.24, 2.45) is 0 Å². The maximum atomic E-state index is 6.26. The molecular weight excluding hydrogens is 348 g/mol. The van der Waals surface area contributed by atoms with Crippen LogP contribution >= 0.6 is 27.5 Å². The molecule has 1 saturated heterocycles. The maximum Gasteiger partial charge on any atom is 0.0602 e. The fourth-order valence-corrected chi connectivity index (χ4v) is 3.32. The molecule has 0 bridgehead atoms. The van der Waals surface area contributed by atoms with Crippen molar-refractivity contribution in [1.29, 1.82) is 0 Å². The zero-order valence-corrected chi connectivity index (χ0v) is 14.1. The van der Waals surface area contributed by atoms with Gasteiger partial charge in [-0.05, 0) is 48.7 Å². The van der Waals surface area contributed by atoms with Crippen LogP contribution in [-0.4, -0.2) is 13.1 Å². The van der Waals surface area contributed by atoms with Gasteiger partial charge in [0.05, 0.1) is 11.4 Å². The number of anilines is 2. The first-order chi connectivity index (χ1) is 10.2. The summed E-state index contributed by atoms with van der Waals surface area (Å²) < 4.78 is 1.05. The van der Waals surface area contributed by atoms with Crippen molar-refractivity contribution in [3.63, 3.8) is 0 Å². The van der Waals surface area contributed by atoms with Gasteiger partial charge in [-0.3, -0.25) is 0 Å². The Labute approximate surface area is 139 Å². The molecule has 1 fully saturated rings. The maximum absolute atomic E-state index is 6.26. The Morgan fingerprint density at radius 3 is 2.67 bits per heavy atom. The SMILES string of the molecule is Clc1ccc(Br)cc1CNc1ccccc1N1CCCC1. The van der Waals surface area contributed by atoms with Crippen LogP contribution in [0, 0.1) is 0 Å². The molecule has 0 atom stereocenters. The second-order valence-corrected chi connectivity index (χ2v) is 6.62. The van der Waals surface area contributed by atoms with Gasteiger partial charge in [-0.2, -0.15) is 0 Å². The monoisotopic (exact) mass is 364 g/mol. The summed E-state index contributed by atoms with van der Waals surface area (Å²) in [5.74, 6) is 0. The van der Waals surface area contributed by atoms with E-state index in [4.69, 9.17) is 11.6 Å². The van der Waals surface area contributed by atoms with E-state index in [9.17, 15) is 0 Å². The van der Waals surface area contributed by atoms with Gasteiger partial charge in [-0.25, -0.2) is 0 Å². The summed E-state index contributed by atoms with van der Waals surface area (Å²) in [6.07, 6.45) is 2.57. The molecular formula is C17H18BrClN2. The van der Waals surface area contributed by atoms with Crippen molar-refractivity contribution in [2.45, 2.75) is 19.4 Å². The third-order valence-corrected chi connectivity index (χ3v) is 4.69. The fraction of sp³-hybridized carbons (Fsp3) is 0.294. The second kappa shape index (κ2) is 6.71. The van der Waals surface area contributed by atoms with Crippen molar-refractivity contribution in [2.75, 3.05) is 23.3 Å². The standard InChI is InChI=1S/C17H18BrClN2/c18-14-7-8-15(19)13(11-14)12-20-16-5-1-2-6-17(16)21-9-3-4-10-21/h1-2,5-8,11,20H,3-4,9-10,12H2. The topological polar surface area (TPSA) is 15.3 Å². The molecule has 2 aromatic rings. The predicted octanol–water partition coefficient (Wildman–Crippen LogP) is 5.31. The zero-order valence-electron chi connectivity index (χ0n) is 11.8. The third kappa shape index (κ3) is 3.53. The van der Waals surface area contributed by atoms with Gasteiger partial charge in [0.1, 0.15) is 0 Å². The van der Waals surface area contributed by atoms with Crippen molar-refractivity contribution in [1.82, 2.24) is 0 Å². The number of para-hydroxylation sites is 2. The number of nitrogens with one attached hydrogen (secondary N) is 1. The van der Waals surface area contributed by atoms with E-state index in [1.165, 1.54) is 24.2 Å². The molecule has 0 aromatic heterocycles. The Bertz CT molecular complexity index is 624. The molecule has 1 aliphatic heterocycles. The quantitative estimate of drug-likeness (QED) is 0.789. The first kappa shape index (κ1) is 14.7. The van der Waals surface area contributed by atoms with Crippen molar-refractivity contribution < 1.29 is 0 Å². The number of rotatable bonds is 4. The summed E-state index contributed by atoms with van der Waals surface area (Å²) in [6.45, 7) is 3.02. The van der Waals surface area contributed by atoms with Gasteiger partial charge in [0.15, 0.2) is 0 Å². The number of hydrogen-bond donors (Lipinski definition) is 1. The van der Waals surface area contributed by atoms with Gasteiger partial charge >= 0.3 is 0 Å². The van der Waals surface area contributed by atoms with Crippen LogP contribution in [-0.2, 0) is 6.54 Å². The molecule has 1 aliphatic rings. The van der Waals surface area contributed by atoms with E-state index in [1.807, 2.05) is 12.1 Å². The molecule has 0 spiro atoms. The Kier molecular flexibility index (Phi) is 4.71. The number of benzene rings is 2. The van der Waals surface area contributed by atoms with Crippen LogP contribution in [0.1, 0.15) is 18.4 Å². The lowest BCUT2D eigenvalue weighted by molar-refractivity contribution is 0.949. The molecule has 0 radical (unpaired) electrons. The molecule has 2 aromatic carbocycles. The van der Waals surface area contributed by atoms with E-state index in [0.717, 1.165) is 34.7 Å². The lowest BCUT2D eigenvalue weighted by Gasteiger charge is -2.22. The summed E-state index contributed by atoms with van der Waals surface area (Å²) in [5.41, 5.74) is 3.57. The van der Waals surface area contributed by atoms with Crippen molar-refractivity contribution in [3.8, 4) is 0 Å². The minimum atomic E-state index is 0.725. The van der Waals surface area contributed by atoms with Crippen molar-refractivity contribution >= 4 is 38.9 Å². The molecule has 4 heteroatoms. The Balaban J connectivity index is 1.77. The molecule has 3 rings (SSSR count). The van der Waals surface area contributed by atoms with Crippen LogP contribution in [0.15, 0.2) is 46.9 Å². The molecule has 21 heavy (non-hydrogen) atoms. The molecule has 110 valence electrons. The highest BCUT2D eigenvalue weighted by Gasteiger charge is 2.15. The van der Waals surface area contributed by atoms with Crippen LogP contribution < -0.4 is 10.2 Å². The van der Waals surface area contributed by atoms with E-state index >= 15 is 0 Å². The zero-order chi connectivity index (χ0) is 14.7. The minimum Gasteiger partial charge on any atom is -0.379 e. The predicted molar refractivity (Wildman–Crippen MR) is 94.4 cm³/mol. The summed E-state index contributed by atoms with van der Waals surface area (Å²) >= 11 is 9.75. The van der Waals surface area contributed by atoms with Gasteiger partial charge in [0, 0.05) is 29.1 Å². The molecule has 0 aliphatic carbocycles. The molecule has 0 saturated carbocycles. The summed E-state index contributed by atoms with van der Waals surface area (Å²) in [7, 11) is 0. The Hall–Kier alpha value is -1.19. The van der Waals surface area contributed by atoms with E-state index < -0.39 is 0 Å². The molecule has 0 amide bonds. The normalized spacial score (nSPS) is 14.5. The first-order valence-corrected chi connectivity index (χ1v) is 8.43. The number of halogens is 2. The highest BCUT2D eigenvalue weighted by molar-refractivity contribution is 9.10. The van der Waals surface area contributed by atoms with E-state index in [-0.39, 0.29) is 0 Å². The molecule has 1 heterocycles. The van der Waals surface area contributed by atoms with Crippen LogP contribution in [0.3, 0.4) is 0 Å². The highest BCUT2D eigenvalue weighted by atomic mass is 79.9. The fourth-order valence-electron chi connectivity index (χ4n) is 2.73. The highest BCUT2D eigenvalue weighted by Crippen LogP contribution is 2.30. The van der Waals surface area contributed by atoms with E-state index in [0.29, 0.717) is 0 Å². The smallest absolute Gasteiger partial charge is 0.0602 e. The number of nitrogens with zero attached hydrogens (tertiary/aromatic N) is 1. The lowest BCUT2D eigenvalue weighted by atomic mass is 10.2. The van der Waals surface area contributed by atoms with Crippen molar-refractivity contribution in [3.05, 3.63) is 57.5 Å². The second-order valence-electron chi connectivity index (χ2n) is 5.30. The van der Waals surface area contributed by atoms with Gasteiger partial charge in [-0.15, -0.1) is 0 Å². The molecule has 2 nitrogen and oxygen atoms in total. The van der Waals surface area contributed by atoms with Crippen LogP contribution in [0.5, 0.6) is 0 Å². The molecule has 1 N–H and O–H groups in total. The Morgan fingerprint density at radius 2 is 1.86 bits per heavy atom.